The first-order chi connectivity index (χ1) is 12.7. The van der Waals surface area contributed by atoms with Gasteiger partial charge in [0.05, 0.1) is 12.2 Å². The van der Waals surface area contributed by atoms with E-state index in [4.69, 9.17) is 9.05 Å². The fraction of sp³-hybridized carbons (Fsp3) is 0.955. The van der Waals surface area contributed by atoms with Gasteiger partial charge in [-0.05, 0) is 50.4 Å². The Morgan fingerprint density at radius 1 is 0.714 bits per heavy atom. The van der Waals surface area contributed by atoms with Gasteiger partial charge in [-0.15, -0.1) is 0 Å². The van der Waals surface area contributed by atoms with Crippen molar-refractivity contribution in [2.45, 2.75) is 94.3 Å². The largest absolute Gasteiger partial charge is 0.342 e. The molecule has 168 valence electrons. The first-order valence-corrected chi connectivity index (χ1v) is 12.7. The third-order valence-electron chi connectivity index (χ3n) is 4.14. The number of hydrogen-bond donors (Lipinski definition) is 0. The zero-order valence-corrected chi connectivity index (χ0v) is 20.9. The Bertz CT molecular complexity index is 459. The first-order valence-electron chi connectivity index (χ1n) is 11.0. The minimum atomic E-state index is -3.53. The summed E-state index contributed by atoms with van der Waals surface area (Å²) in [4.78, 5) is 14.8. The van der Waals surface area contributed by atoms with Crippen LogP contribution in [0, 0.1) is 23.7 Å². The lowest BCUT2D eigenvalue weighted by molar-refractivity contribution is -0.129. The van der Waals surface area contributed by atoms with Crippen molar-refractivity contribution in [1.29, 1.82) is 0 Å². The van der Waals surface area contributed by atoms with E-state index in [1.54, 1.807) is 0 Å². The van der Waals surface area contributed by atoms with E-state index in [2.05, 4.69) is 55.4 Å². The second kappa shape index (κ2) is 13.0. The lowest BCUT2D eigenvalue weighted by atomic mass is 10.1. The monoisotopic (exact) mass is 419 g/mol. The molecule has 0 aliphatic carbocycles. The summed E-state index contributed by atoms with van der Waals surface area (Å²) in [7, 11) is -3.53. The molecule has 0 aliphatic rings. The van der Waals surface area contributed by atoms with Gasteiger partial charge >= 0.3 is 7.60 Å². The molecule has 28 heavy (non-hydrogen) atoms. The molecule has 0 aliphatic heterocycles. The number of carbonyl (C=O) groups excluding carboxylic acids is 1. The van der Waals surface area contributed by atoms with Crippen LogP contribution in [-0.2, 0) is 18.4 Å². The average molecular weight is 420 g/mol. The van der Waals surface area contributed by atoms with Gasteiger partial charge in [0.15, 0.2) is 0 Å². The summed E-state index contributed by atoms with van der Waals surface area (Å²) in [6, 6.07) is 0. The molecule has 2 unspecified atom stereocenters. The maximum atomic E-state index is 13.6. The fourth-order valence-corrected chi connectivity index (χ4v) is 5.49. The van der Waals surface area contributed by atoms with Crippen molar-refractivity contribution >= 4 is 13.5 Å². The van der Waals surface area contributed by atoms with Crippen molar-refractivity contribution in [3.8, 4) is 0 Å². The molecule has 0 N–H and O–H groups in total. The smallest absolute Gasteiger partial charge is 0.340 e. The Labute approximate surface area is 174 Å². The highest BCUT2D eigenvalue weighted by atomic mass is 31.2. The van der Waals surface area contributed by atoms with Crippen LogP contribution in [0.2, 0.25) is 0 Å². The van der Waals surface area contributed by atoms with E-state index in [-0.39, 0.29) is 24.3 Å². The molecule has 0 spiro atoms. The lowest BCUT2D eigenvalue weighted by Crippen LogP contribution is -2.39. The zero-order chi connectivity index (χ0) is 22.1. The summed E-state index contributed by atoms with van der Waals surface area (Å²) in [6.07, 6.45) is 0.947. The van der Waals surface area contributed by atoms with Crippen molar-refractivity contribution in [2.75, 3.05) is 19.3 Å². The van der Waals surface area contributed by atoms with E-state index in [0.717, 1.165) is 12.8 Å². The minimum absolute atomic E-state index is 0.140. The van der Waals surface area contributed by atoms with Crippen LogP contribution in [0.4, 0.5) is 0 Å². The Morgan fingerprint density at radius 2 is 1.07 bits per heavy atom. The predicted molar refractivity (Wildman–Crippen MR) is 119 cm³/mol. The van der Waals surface area contributed by atoms with Gasteiger partial charge < -0.3 is 13.9 Å². The van der Waals surface area contributed by atoms with E-state index < -0.39 is 7.60 Å². The summed E-state index contributed by atoms with van der Waals surface area (Å²) in [5.41, 5.74) is 0. The normalized spacial score (nSPS) is 16.6. The van der Waals surface area contributed by atoms with E-state index in [1.807, 2.05) is 18.7 Å². The molecular weight excluding hydrogens is 373 g/mol. The molecule has 0 aromatic carbocycles. The van der Waals surface area contributed by atoms with Crippen LogP contribution in [0.15, 0.2) is 0 Å². The van der Waals surface area contributed by atoms with Gasteiger partial charge in [-0.25, -0.2) is 0 Å². The van der Waals surface area contributed by atoms with Crippen LogP contribution in [-0.4, -0.2) is 42.3 Å². The molecule has 0 radical (unpaired) electrons. The van der Waals surface area contributed by atoms with Crippen LogP contribution >= 0.6 is 7.60 Å². The Balaban J connectivity index is 5.39. The zero-order valence-electron chi connectivity index (χ0n) is 20.0. The summed E-state index contributed by atoms with van der Waals surface area (Å²) >= 11 is 0. The van der Waals surface area contributed by atoms with E-state index in [9.17, 15) is 9.36 Å². The van der Waals surface area contributed by atoms with Gasteiger partial charge in [-0.3, -0.25) is 9.36 Å². The molecule has 5 nitrogen and oxygen atoms in total. The molecule has 0 aromatic rings. The topological polar surface area (TPSA) is 55.8 Å². The van der Waals surface area contributed by atoms with E-state index in [0.29, 0.717) is 36.8 Å². The van der Waals surface area contributed by atoms with Crippen molar-refractivity contribution in [3.63, 3.8) is 0 Å². The van der Waals surface area contributed by atoms with Crippen molar-refractivity contribution in [2.24, 2.45) is 23.7 Å². The third-order valence-corrected chi connectivity index (χ3v) is 6.16. The molecule has 1 amide bonds. The second-order valence-electron chi connectivity index (χ2n) is 9.95. The Hall–Kier alpha value is -0.380. The van der Waals surface area contributed by atoms with Crippen LogP contribution in [0.3, 0.4) is 0 Å². The second-order valence-corrected chi connectivity index (χ2v) is 11.9. The van der Waals surface area contributed by atoms with Crippen LogP contribution in [0.1, 0.15) is 82.1 Å². The van der Waals surface area contributed by atoms with E-state index >= 15 is 0 Å². The average Bonchev–Trinajstić information content (AvgIpc) is 2.42. The number of rotatable bonds is 14. The van der Waals surface area contributed by atoms with Crippen molar-refractivity contribution in [3.05, 3.63) is 0 Å². The van der Waals surface area contributed by atoms with E-state index in [1.165, 1.54) is 0 Å². The molecule has 0 bridgehead atoms. The minimum Gasteiger partial charge on any atom is -0.342 e. The number of hydrogen-bond acceptors (Lipinski definition) is 4. The molecule has 0 saturated carbocycles. The fourth-order valence-electron chi connectivity index (χ4n) is 3.49. The van der Waals surface area contributed by atoms with Gasteiger partial charge in [0.25, 0.3) is 0 Å². The number of carbonyl (C=O) groups is 1. The first kappa shape index (κ1) is 27.6. The molecule has 6 heteroatoms. The molecule has 0 aromatic heterocycles. The summed E-state index contributed by atoms with van der Waals surface area (Å²) in [5, 5.41) is 0. The number of nitrogens with zero attached hydrogens (tertiary/aromatic N) is 1. The van der Waals surface area contributed by atoms with Gasteiger partial charge in [-0.2, -0.15) is 0 Å². The molecule has 0 heterocycles. The van der Waals surface area contributed by atoms with Crippen molar-refractivity contribution in [1.82, 2.24) is 4.90 Å². The summed E-state index contributed by atoms with van der Waals surface area (Å²) < 4.78 is 25.4. The molecule has 2 atom stereocenters. The van der Waals surface area contributed by atoms with Crippen LogP contribution in [0.5, 0.6) is 0 Å². The van der Waals surface area contributed by atoms with Gasteiger partial charge in [0, 0.05) is 13.1 Å². The molecule has 0 rings (SSSR count). The van der Waals surface area contributed by atoms with Crippen molar-refractivity contribution < 1.29 is 18.4 Å². The highest BCUT2D eigenvalue weighted by Gasteiger charge is 2.35. The molecular formula is C22H46NO4P. The summed E-state index contributed by atoms with van der Waals surface area (Å²) in [6.45, 7) is 21.9. The maximum absolute atomic E-state index is 13.6. The highest BCUT2D eigenvalue weighted by molar-refractivity contribution is 7.54. The lowest BCUT2D eigenvalue weighted by Gasteiger charge is -2.30. The Kier molecular flexibility index (Phi) is 12.9. The predicted octanol–water partition coefficient (Wildman–Crippen LogP) is 6.22. The van der Waals surface area contributed by atoms with Crippen LogP contribution < -0.4 is 0 Å². The SMILES string of the molecule is CC(C)CC(C)OP(=O)(CC(=O)N(CC(C)C)CC(C)C)OC(C)CC(C)C. The molecule has 0 fully saturated rings. The van der Waals surface area contributed by atoms with Gasteiger partial charge in [0.2, 0.25) is 5.91 Å². The third kappa shape index (κ3) is 13.0. The quantitative estimate of drug-likeness (QED) is 0.314. The number of amides is 1. The standard InChI is InChI=1S/C22H46NO4P/c1-16(2)11-20(9)26-28(25,27-21(10)12-17(3)4)15-22(24)23(13-18(5)6)14-19(7)8/h16-21H,11-15H2,1-10H3. The van der Waals surface area contributed by atoms with Gasteiger partial charge in [-0.1, -0.05) is 55.4 Å². The van der Waals surface area contributed by atoms with Gasteiger partial charge in [0.1, 0.15) is 6.16 Å². The molecule has 0 saturated heterocycles. The maximum Gasteiger partial charge on any atom is 0.340 e. The summed E-state index contributed by atoms with van der Waals surface area (Å²) in [5.74, 6) is 1.41. The van der Waals surface area contributed by atoms with Crippen LogP contribution in [0.25, 0.3) is 0 Å². The Morgan fingerprint density at radius 3 is 1.36 bits per heavy atom. The highest BCUT2D eigenvalue weighted by Crippen LogP contribution is 2.51.